The molecule has 2 fully saturated rings. The number of hydrogen-bond donors (Lipinski definition) is 0. The average Bonchev–Trinajstić information content (AvgIpc) is 2.79. The molecule has 29 heavy (non-hydrogen) atoms. The van der Waals surface area contributed by atoms with Crippen LogP contribution in [-0.2, 0) is 4.79 Å². The van der Waals surface area contributed by atoms with Crippen molar-refractivity contribution in [1.82, 2.24) is 24.8 Å². The molecular weight excluding hydrogens is 370 g/mol. The van der Waals surface area contributed by atoms with Gasteiger partial charge in [0.1, 0.15) is 11.5 Å². The molecule has 152 valence electrons. The lowest BCUT2D eigenvalue weighted by molar-refractivity contribution is -0.129. The third-order valence-electron chi connectivity index (χ3n) is 5.41. The van der Waals surface area contributed by atoms with E-state index >= 15 is 0 Å². The molecule has 0 spiro atoms. The number of rotatable bonds is 3. The van der Waals surface area contributed by atoms with Gasteiger partial charge in [0.15, 0.2) is 0 Å². The molecule has 0 bridgehead atoms. The number of nitrogens with zero attached hydrogens (tertiary/aromatic N) is 7. The largest absolute Gasteiger partial charge is 0.353 e. The van der Waals surface area contributed by atoms with Gasteiger partial charge in [-0.05, 0) is 18.2 Å². The zero-order chi connectivity index (χ0) is 20.2. The first-order chi connectivity index (χ1) is 14.1. The molecule has 0 atom stereocenters. The molecule has 4 rings (SSSR count). The molecule has 0 N–H and O–H groups in total. The lowest BCUT2D eigenvalue weighted by Crippen LogP contribution is -2.49. The molecule has 2 aromatic heterocycles. The van der Waals surface area contributed by atoms with Gasteiger partial charge in [0.05, 0.1) is 0 Å². The van der Waals surface area contributed by atoms with E-state index in [2.05, 4.69) is 19.9 Å². The molecule has 9 nitrogen and oxygen atoms in total. The Kier molecular flexibility index (Phi) is 5.55. The molecule has 2 amide bonds. The van der Waals surface area contributed by atoms with Gasteiger partial charge in [-0.25, -0.2) is 15.0 Å². The summed E-state index contributed by atoms with van der Waals surface area (Å²) in [6, 6.07) is 7.53. The minimum absolute atomic E-state index is 0.0725. The SMILES string of the molecule is CC(=O)N1CCN(c2nccc(C(=O)N3CCN(c4ccccn4)CC3)n2)CC1. The number of pyridine rings is 1. The molecule has 0 aliphatic carbocycles. The van der Waals surface area contributed by atoms with Crippen LogP contribution in [0.5, 0.6) is 0 Å². The number of amides is 2. The van der Waals surface area contributed by atoms with Crippen LogP contribution in [0, 0.1) is 0 Å². The Morgan fingerprint density at radius 2 is 1.48 bits per heavy atom. The molecule has 4 heterocycles. The number of piperazine rings is 2. The van der Waals surface area contributed by atoms with Gasteiger partial charge in [-0.1, -0.05) is 6.07 Å². The first-order valence-electron chi connectivity index (χ1n) is 9.90. The summed E-state index contributed by atoms with van der Waals surface area (Å²) in [6.07, 6.45) is 3.42. The second-order valence-corrected chi connectivity index (χ2v) is 7.20. The summed E-state index contributed by atoms with van der Waals surface area (Å²) in [6.45, 7) is 6.96. The second kappa shape index (κ2) is 8.42. The number of carbonyl (C=O) groups excluding carboxylic acids is 2. The van der Waals surface area contributed by atoms with Crippen LogP contribution in [0.15, 0.2) is 36.7 Å². The molecule has 0 saturated carbocycles. The zero-order valence-corrected chi connectivity index (χ0v) is 16.6. The fraction of sp³-hybridized carbons (Fsp3) is 0.450. The maximum Gasteiger partial charge on any atom is 0.272 e. The third kappa shape index (κ3) is 4.28. The van der Waals surface area contributed by atoms with E-state index in [0.717, 1.165) is 18.9 Å². The molecule has 2 aliphatic rings. The van der Waals surface area contributed by atoms with Gasteiger partial charge in [0, 0.05) is 71.7 Å². The van der Waals surface area contributed by atoms with Crippen molar-refractivity contribution in [1.29, 1.82) is 0 Å². The Hall–Kier alpha value is -3.23. The zero-order valence-electron chi connectivity index (χ0n) is 16.6. The van der Waals surface area contributed by atoms with Crippen LogP contribution in [-0.4, -0.2) is 88.9 Å². The van der Waals surface area contributed by atoms with Crippen LogP contribution in [0.4, 0.5) is 11.8 Å². The topological polar surface area (TPSA) is 85.8 Å². The molecule has 0 unspecified atom stereocenters. The summed E-state index contributed by atoms with van der Waals surface area (Å²) in [5, 5.41) is 0. The molecule has 2 aliphatic heterocycles. The van der Waals surface area contributed by atoms with Gasteiger partial charge in [0.25, 0.3) is 5.91 Å². The lowest BCUT2D eigenvalue weighted by Gasteiger charge is -2.35. The normalized spacial score (nSPS) is 17.4. The van der Waals surface area contributed by atoms with Gasteiger partial charge in [-0.2, -0.15) is 0 Å². The molecule has 9 heteroatoms. The Morgan fingerprint density at radius 3 is 2.14 bits per heavy atom. The highest BCUT2D eigenvalue weighted by Crippen LogP contribution is 2.16. The maximum absolute atomic E-state index is 12.9. The third-order valence-corrected chi connectivity index (χ3v) is 5.41. The molecule has 2 saturated heterocycles. The van der Waals surface area contributed by atoms with Crippen molar-refractivity contribution in [2.24, 2.45) is 0 Å². The predicted molar refractivity (Wildman–Crippen MR) is 109 cm³/mol. The molecule has 0 radical (unpaired) electrons. The van der Waals surface area contributed by atoms with Gasteiger partial charge in [-0.3, -0.25) is 9.59 Å². The van der Waals surface area contributed by atoms with Crippen molar-refractivity contribution in [3.05, 3.63) is 42.4 Å². The van der Waals surface area contributed by atoms with Gasteiger partial charge < -0.3 is 19.6 Å². The highest BCUT2D eigenvalue weighted by molar-refractivity contribution is 5.92. The fourth-order valence-corrected chi connectivity index (χ4v) is 3.68. The van der Waals surface area contributed by atoms with E-state index in [4.69, 9.17) is 0 Å². The van der Waals surface area contributed by atoms with E-state index in [1.54, 1.807) is 25.4 Å². The Morgan fingerprint density at radius 1 is 0.793 bits per heavy atom. The molecule has 0 aromatic carbocycles. The smallest absolute Gasteiger partial charge is 0.272 e. The van der Waals surface area contributed by atoms with E-state index < -0.39 is 0 Å². The van der Waals surface area contributed by atoms with Crippen LogP contribution < -0.4 is 9.80 Å². The van der Waals surface area contributed by atoms with Crippen molar-refractivity contribution in [3.63, 3.8) is 0 Å². The number of hydrogen-bond acceptors (Lipinski definition) is 7. The maximum atomic E-state index is 12.9. The summed E-state index contributed by atoms with van der Waals surface area (Å²) in [7, 11) is 0. The van der Waals surface area contributed by atoms with Gasteiger partial charge in [0.2, 0.25) is 11.9 Å². The van der Waals surface area contributed by atoms with Gasteiger partial charge >= 0.3 is 0 Å². The molecular formula is C20H25N7O2. The standard InChI is InChI=1S/C20H25N7O2/c1-16(28)24-8-14-27(15-9-24)20-22-7-5-17(23-20)19(29)26-12-10-25(11-13-26)18-4-2-3-6-21-18/h2-7H,8-15H2,1H3. The highest BCUT2D eigenvalue weighted by Gasteiger charge is 2.25. The Labute approximate surface area is 170 Å². The van der Waals surface area contributed by atoms with Crippen molar-refractivity contribution >= 4 is 23.6 Å². The van der Waals surface area contributed by atoms with Crippen LogP contribution in [0.25, 0.3) is 0 Å². The van der Waals surface area contributed by atoms with E-state index in [0.29, 0.717) is 50.9 Å². The predicted octanol–water partition coefficient (Wildman–Crippen LogP) is 0.503. The van der Waals surface area contributed by atoms with Crippen LogP contribution in [0.3, 0.4) is 0 Å². The average molecular weight is 395 g/mol. The van der Waals surface area contributed by atoms with Crippen molar-refractivity contribution in [2.45, 2.75) is 6.92 Å². The Balaban J connectivity index is 1.37. The lowest BCUT2D eigenvalue weighted by atomic mass is 10.2. The number of aromatic nitrogens is 3. The first-order valence-corrected chi connectivity index (χ1v) is 9.90. The van der Waals surface area contributed by atoms with Crippen LogP contribution in [0.1, 0.15) is 17.4 Å². The van der Waals surface area contributed by atoms with E-state index in [1.165, 1.54) is 0 Å². The van der Waals surface area contributed by atoms with Gasteiger partial charge in [-0.15, -0.1) is 0 Å². The quantitative estimate of drug-likeness (QED) is 0.748. The summed E-state index contributed by atoms with van der Waals surface area (Å²) in [4.78, 5) is 45.5. The van der Waals surface area contributed by atoms with Crippen molar-refractivity contribution < 1.29 is 9.59 Å². The molecule has 2 aromatic rings. The monoisotopic (exact) mass is 395 g/mol. The first kappa shape index (κ1) is 19.1. The van der Waals surface area contributed by atoms with E-state index in [9.17, 15) is 9.59 Å². The minimum Gasteiger partial charge on any atom is -0.353 e. The van der Waals surface area contributed by atoms with E-state index in [-0.39, 0.29) is 11.8 Å². The summed E-state index contributed by atoms with van der Waals surface area (Å²) >= 11 is 0. The van der Waals surface area contributed by atoms with E-state index in [1.807, 2.05) is 32.9 Å². The van der Waals surface area contributed by atoms with Crippen molar-refractivity contribution in [2.75, 3.05) is 62.2 Å². The van der Waals surface area contributed by atoms with Crippen molar-refractivity contribution in [3.8, 4) is 0 Å². The Bertz CT molecular complexity index is 860. The summed E-state index contributed by atoms with van der Waals surface area (Å²) in [5.74, 6) is 1.50. The summed E-state index contributed by atoms with van der Waals surface area (Å²) in [5.41, 5.74) is 0.412. The van der Waals surface area contributed by atoms with Crippen LogP contribution >= 0.6 is 0 Å². The second-order valence-electron chi connectivity index (χ2n) is 7.20. The fourth-order valence-electron chi connectivity index (χ4n) is 3.68. The number of carbonyl (C=O) groups is 2. The highest BCUT2D eigenvalue weighted by atomic mass is 16.2. The summed E-state index contributed by atoms with van der Waals surface area (Å²) < 4.78 is 0. The van der Waals surface area contributed by atoms with Crippen LogP contribution in [0.2, 0.25) is 0 Å². The number of anilines is 2. The minimum atomic E-state index is -0.0725.